The van der Waals surface area contributed by atoms with Gasteiger partial charge >= 0.3 is 6.18 Å². The molecule has 31 heavy (non-hydrogen) atoms. The maximum absolute atomic E-state index is 12.7. The number of β-amino-alcohol motifs (C(OH)–C–C–N with tert-alkyl or cyclic N) is 1. The molecule has 0 saturated heterocycles. The largest absolute Gasteiger partial charge is 0.491 e. The Labute approximate surface area is 178 Å². The second kappa shape index (κ2) is 9.08. The lowest BCUT2D eigenvalue weighted by Crippen LogP contribution is -2.42. The van der Waals surface area contributed by atoms with Crippen molar-refractivity contribution < 1.29 is 23.0 Å². The molecule has 4 nitrogen and oxygen atoms in total. The zero-order chi connectivity index (χ0) is 21.8. The van der Waals surface area contributed by atoms with Gasteiger partial charge in [0.2, 0.25) is 0 Å². The summed E-state index contributed by atoms with van der Waals surface area (Å²) >= 11 is 0. The van der Waals surface area contributed by atoms with E-state index in [1.54, 1.807) is 6.20 Å². The molecule has 1 aromatic heterocycles. The molecule has 4 rings (SSSR count). The number of hydrogen-bond donors (Lipinski definition) is 1. The van der Waals surface area contributed by atoms with Crippen LogP contribution in [0.1, 0.15) is 28.3 Å². The Bertz CT molecular complexity index is 994. The molecular formula is C24H23F3N2O2. The van der Waals surface area contributed by atoms with Crippen molar-refractivity contribution >= 4 is 0 Å². The van der Waals surface area contributed by atoms with Crippen molar-refractivity contribution in [1.82, 2.24) is 9.88 Å². The second-order valence-corrected chi connectivity index (χ2v) is 7.62. The standard InChI is InChI=1S/C24H23F3N2O2/c25-24(26,27)19-7-9-21(10-8-19)31-16-20(30)15-29-13-11-17-4-1-2-6-22(17)23(29)18-5-3-12-28-14-18/h1-10,12,14,20,23,30H,11,13,15-16H2/t20-,23+/m0/s1. The second-order valence-electron chi connectivity index (χ2n) is 7.62. The molecule has 1 aliphatic heterocycles. The minimum atomic E-state index is -4.39. The predicted octanol–water partition coefficient (Wildman–Crippen LogP) is 4.49. The molecule has 0 radical (unpaired) electrons. The van der Waals surface area contributed by atoms with E-state index < -0.39 is 17.8 Å². The van der Waals surface area contributed by atoms with Gasteiger partial charge < -0.3 is 9.84 Å². The lowest BCUT2D eigenvalue weighted by molar-refractivity contribution is -0.137. The minimum absolute atomic E-state index is 0.0106. The molecule has 0 saturated carbocycles. The van der Waals surface area contributed by atoms with Crippen LogP contribution in [0.25, 0.3) is 0 Å². The molecule has 0 spiro atoms. The van der Waals surface area contributed by atoms with E-state index in [1.807, 2.05) is 30.5 Å². The number of benzene rings is 2. The van der Waals surface area contributed by atoms with E-state index in [1.165, 1.54) is 23.3 Å². The van der Waals surface area contributed by atoms with Gasteiger partial charge in [-0.05, 0) is 53.4 Å². The third-order valence-corrected chi connectivity index (χ3v) is 5.45. The van der Waals surface area contributed by atoms with Gasteiger partial charge in [0.15, 0.2) is 0 Å². The fourth-order valence-electron chi connectivity index (χ4n) is 4.00. The summed E-state index contributed by atoms with van der Waals surface area (Å²) in [6.45, 7) is 1.13. The number of alkyl halides is 3. The van der Waals surface area contributed by atoms with E-state index in [0.717, 1.165) is 30.7 Å². The summed E-state index contributed by atoms with van der Waals surface area (Å²) < 4.78 is 43.6. The van der Waals surface area contributed by atoms with Crippen LogP contribution in [0.3, 0.4) is 0 Å². The van der Waals surface area contributed by atoms with Crippen molar-refractivity contribution in [2.75, 3.05) is 19.7 Å². The number of aromatic nitrogens is 1. The van der Waals surface area contributed by atoms with Gasteiger partial charge in [0.05, 0.1) is 11.6 Å². The highest BCUT2D eigenvalue weighted by atomic mass is 19.4. The summed E-state index contributed by atoms with van der Waals surface area (Å²) in [5.41, 5.74) is 2.79. The van der Waals surface area contributed by atoms with Crippen LogP contribution in [0.5, 0.6) is 5.75 Å². The number of pyridine rings is 1. The van der Waals surface area contributed by atoms with Crippen molar-refractivity contribution in [3.8, 4) is 5.75 Å². The van der Waals surface area contributed by atoms with Gasteiger partial charge in [-0.3, -0.25) is 9.88 Å². The maximum Gasteiger partial charge on any atom is 0.416 e. The van der Waals surface area contributed by atoms with E-state index in [0.29, 0.717) is 12.3 Å². The van der Waals surface area contributed by atoms with E-state index in [2.05, 4.69) is 22.0 Å². The zero-order valence-corrected chi connectivity index (χ0v) is 16.8. The van der Waals surface area contributed by atoms with Crippen LogP contribution in [0, 0.1) is 0 Å². The molecule has 2 aromatic carbocycles. The summed E-state index contributed by atoms with van der Waals surface area (Å²) in [6.07, 6.45) is -0.740. The smallest absolute Gasteiger partial charge is 0.416 e. The summed E-state index contributed by atoms with van der Waals surface area (Å²) in [6, 6.07) is 16.6. The molecule has 0 bridgehead atoms. The highest BCUT2D eigenvalue weighted by Crippen LogP contribution is 2.35. The Morgan fingerprint density at radius 3 is 2.55 bits per heavy atom. The van der Waals surface area contributed by atoms with E-state index in [-0.39, 0.29) is 12.6 Å². The number of fused-ring (bicyclic) bond motifs is 1. The third-order valence-electron chi connectivity index (χ3n) is 5.45. The fourth-order valence-corrected chi connectivity index (χ4v) is 4.00. The van der Waals surface area contributed by atoms with Crippen LogP contribution in [0.4, 0.5) is 13.2 Å². The number of aliphatic hydroxyl groups excluding tert-OH is 1. The first-order chi connectivity index (χ1) is 14.9. The van der Waals surface area contributed by atoms with Gasteiger partial charge in [-0.25, -0.2) is 0 Å². The first-order valence-electron chi connectivity index (χ1n) is 10.1. The van der Waals surface area contributed by atoms with Crippen molar-refractivity contribution in [2.45, 2.75) is 24.7 Å². The zero-order valence-electron chi connectivity index (χ0n) is 16.8. The van der Waals surface area contributed by atoms with Crippen LogP contribution in [0.15, 0.2) is 73.1 Å². The van der Waals surface area contributed by atoms with Crippen LogP contribution < -0.4 is 4.74 Å². The molecule has 7 heteroatoms. The molecule has 2 atom stereocenters. The number of nitrogens with zero attached hydrogens (tertiary/aromatic N) is 2. The van der Waals surface area contributed by atoms with E-state index in [4.69, 9.17) is 4.74 Å². The average Bonchev–Trinajstić information content (AvgIpc) is 2.78. The van der Waals surface area contributed by atoms with Gasteiger partial charge in [0.1, 0.15) is 18.5 Å². The summed E-state index contributed by atoms with van der Waals surface area (Å²) in [5.74, 6) is 0.292. The van der Waals surface area contributed by atoms with Gasteiger partial charge in [-0.1, -0.05) is 30.3 Å². The summed E-state index contributed by atoms with van der Waals surface area (Å²) in [7, 11) is 0. The normalized spacial score (nSPS) is 17.7. The van der Waals surface area contributed by atoms with Gasteiger partial charge in [0, 0.05) is 25.5 Å². The van der Waals surface area contributed by atoms with Crippen LogP contribution >= 0.6 is 0 Å². The Kier molecular flexibility index (Phi) is 6.25. The lowest BCUT2D eigenvalue weighted by atomic mass is 9.88. The predicted molar refractivity (Wildman–Crippen MR) is 111 cm³/mol. The molecule has 162 valence electrons. The Balaban J connectivity index is 1.44. The molecule has 2 heterocycles. The highest BCUT2D eigenvalue weighted by Gasteiger charge is 2.31. The number of hydrogen-bond acceptors (Lipinski definition) is 4. The first kappa shape index (κ1) is 21.3. The lowest BCUT2D eigenvalue weighted by Gasteiger charge is -2.38. The Morgan fingerprint density at radius 2 is 1.84 bits per heavy atom. The molecular weight excluding hydrogens is 405 g/mol. The monoisotopic (exact) mass is 428 g/mol. The molecule has 0 amide bonds. The Hall–Kier alpha value is -2.90. The average molecular weight is 428 g/mol. The topological polar surface area (TPSA) is 45.6 Å². The van der Waals surface area contributed by atoms with Gasteiger partial charge in [-0.15, -0.1) is 0 Å². The Morgan fingerprint density at radius 1 is 1.06 bits per heavy atom. The summed E-state index contributed by atoms with van der Waals surface area (Å²) in [5, 5.41) is 10.6. The molecule has 0 aliphatic carbocycles. The first-order valence-corrected chi connectivity index (χ1v) is 10.1. The van der Waals surface area contributed by atoms with Crippen molar-refractivity contribution in [1.29, 1.82) is 0 Å². The number of rotatable bonds is 6. The SMILES string of the molecule is O[C@H](COc1ccc(C(F)(F)F)cc1)CN1CCc2ccccc2[C@H]1c1cccnc1. The van der Waals surface area contributed by atoms with Gasteiger partial charge in [-0.2, -0.15) is 13.2 Å². The van der Waals surface area contributed by atoms with E-state index >= 15 is 0 Å². The quantitative estimate of drug-likeness (QED) is 0.629. The highest BCUT2D eigenvalue weighted by molar-refractivity contribution is 5.39. The van der Waals surface area contributed by atoms with Crippen LogP contribution in [-0.4, -0.2) is 40.8 Å². The fraction of sp³-hybridized carbons (Fsp3) is 0.292. The third kappa shape index (κ3) is 5.06. The van der Waals surface area contributed by atoms with Crippen LogP contribution in [0.2, 0.25) is 0 Å². The molecule has 3 aromatic rings. The number of halogens is 3. The molecule has 1 N–H and O–H groups in total. The van der Waals surface area contributed by atoms with Crippen molar-refractivity contribution in [2.24, 2.45) is 0 Å². The summed E-state index contributed by atoms with van der Waals surface area (Å²) in [4.78, 5) is 6.45. The molecule has 0 unspecified atom stereocenters. The maximum atomic E-state index is 12.7. The van der Waals surface area contributed by atoms with Crippen molar-refractivity contribution in [3.63, 3.8) is 0 Å². The minimum Gasteiger partial charge on any atom is -0.491 e. The van der Waals surface area contributed by atoms with Crippen molar-refractivity contribution in [3.05, 3.63) is 95.3 Å². The van der Waals surface area contributed by atoms with Crippen LogP contribution in [-0.2, 0) is 12.6 Å². The molecule has 0 fully saturated rings. The number of aliphatic hydroxyl groups is 1. The van der Waals surface area contributed by atoms with E-state index in [9.17, 15) is 18.3 Å². The molecule has 1 aliphatic rings. The number of ether oxygens (including phenoxy) is 1. The van der Waals surface area contributed by atoms with Gasteiger partial charge in [0.25, 0.3) is 0 Å².